The van der Waals surface area contributed by atoms with E-state index >= 15 is 4.39 Å². The molecule has 2 aromatic carbocycles. The molecule has 0 radical (unpaired) electrons. The molecule has 3 heterocycles. The quantitative estimate of drug-likeness (QED) is 0.428. The van der Waals surface area contributed by atoms with Crippen LogP contribution in [0.25, 0.3) is 21.8 Å². The van der Waals surface area contributed by atoms with Crippen molar-refractivity contribution in [2.45, 2.75) is 25.4 Å². The van der Waals surface area contributed by atoms with E-state index in [1.165, 1.54) is 17.8 Å². The molecule has 1 N–H and O–H groups in total. The Hall–Kier alpha value is -3.49. The number of rotatable bonds is 5. The van der Waals surface area contributed by atoms with E-state index in [4.69, 9.17) is 0 Å². The van der Waals surface area contributed by atoms with Crippen molar-refractivity contribution >= 4 is 45.9 Å². The van der Waals surface area contributed by atoms with Gasteiger partial charge in [0.1, 0.15) is 11.4 Å². The lowest BCUT2D eigenvalue weighted by Crippen LogP contribution is -2.46. The van der Waals surface area contributed by atoms with Crippen molar-refractivity contribution in [1.29, 1.82) is 0 Å². The van der Waals surface area contributed by atoms with Crippen LogP contribution in [-0.4, -0.2) is 51.7 Å². The molecule has 36 heavy (non-hydrogen) atoms. The maximum Gasteiger partial charge on any atom is 0.341 e. The third kappa shape index (κ3) is 4.31. The number of hydrogen-bond acceptors (Lipinski definition) is 5. The number of aromatic carboxylic acids is 1. The average Bonchev–Trinajstić information content (AvgIpc) is 3.70. The maximum atomic E-state index is 15.2. The van der Waals surface area contributed by atoms with Gasteiger partial charge in [0.15, 0.2) is 0 Å². The fraction of sp³-hybridized carbons (Fsp3) is 0.296. The van der Waals surface area contributed by atoms with Gasteiger partial charge in [-0.15, -0.1) is 12.4 Å². The van der Waals surface area contributed by atoms with E-state index in [1.54, 1.807) is 6.07 Å². The van der Waals surface area contributed by atoms with Crippen LogP contribution in [0.2, 0.25) is 0 Å². The van der Waals surface area contributed by atoms with Crippen molar-refractivity contribution < 1.29 is 14.3 Å². The normalized spacial score (nSPS) is 16.3. The lowest BCUT2D eigenvalue weighted by Gasteiger charge is -2.36. The maximum absolute atomic E-state index is 15.2. The number of nitrogens with zero attached hydrogens (tertiary/aromatic N) is 4. The molecule has 0 bridgehead atoms. The number of halogens is 2. The number of carboxylic acids is 1. The van der Waals surface area contributed by atoms with Gasteiger partial charge in [-0.25, -0.2) is 9.18 Å². The van der Waals surface area contributed by atoms with Crippen molar-refractivity contribution in [3.05, 3.63) is 82.0 Å². The van der Waals surface area contributed by atoms with Crippen molar-refractivity contribution in [3.63, 3.8) is 0 Å². The highest BCUT2D eigenvalue weighted by molar-refractivity contribution is 5.93. The Balaban J connectivity index is 0.00000267. The van der Waals surface area contributed by atoms with Gasteiger partial charge in [0.25, 0.3) is 0 Å². The molecule has 0 unspecified atom stereocenters. The van der Waals surface area contributed by atoms with Crippen molar-refractivity contribution in [2.75, 3.05) is 31.1 Å². The van der Waals surface area contributed by atoms with Gasteiger partial charge in [0.05, 0.1) is 16.7 Å². The van der Waals surface area contributed by atoms with Crippen LogP contribution >= 0.6 is 12.4 Å². The van der Waals surface area contributed by atoms with Gasteiger partial charge in [0, 0.05) is 61.9 Å². The minimum Gasteiger partial charge on any atom is -0.477 e. The molecule has 2 fully saturated rings. The number of hydrogen-bond donors (Lipinski definition) is 1. The van der Waals surface area contributed by atoms with Crippen LogP contribution < -0.4 is 10.3 Å². The molecule has 9 heteroatoms. The van der Waals surface area contributed by atoms with E-state index in [-0.39, 0.29) is 29.4 Å². The second-order valence-corrected chi connectivity index (χ2v) is 9.39. The highest BCUT2D eigenvalue weighted by atomic mass is 35.5. The first-order valence-corrected chi connectivity index (χ1v) is 11.9. The fourth-order valence-electron chi connectivity index (χ4n) is 5.09. The van der Waals surface area contributed by atoms with Gasteiger partial charge in [0.2, 0.25) is 5.43 Å². The second kappa shape index (κ2) is 9.52. The molecule has 0 spiro atoms. The zero-order valence-electron chi connectivity index (χ0n) is 19.6. The fourth-order valence-corrected chi connectivity index (χ4v) is 5.09. The second-order valence-electron chi connectivity index (χ2n) is 9.39. The Morgan fingerprint density at radius 1 is 1.08 bits per heavy atom. The molecule has 186 valence electrons. The summed E-state index contributed by atoms with van der Waals surface area (Å²) in [6.07, 6.45) is 5.08. The first-order valence-electron chi connectivity index (χ1n) is 11.9. The van der Waals surface area contributed by atoms with Gasteiger partial charge in [-0.2, -0.15) is 0 Å². The van der Waals surface area contributed by atoms with Gasteiger partial charge < -0.3 is 14.6 Å². The van der Waals surface area contributed by atoms with Gasteiger partial charge in [-0.1, -0.05) is 24.3 Å². The summed E-state index contributed by atoms with van der Waals surface area (Å²) >= 11 is 0. The predicted octanol–water partition coefficient (Wildman–Crippen LogP) is 4.47. The number of fused-ring (bicyclic) bond motifs is 2. The van der Waals surface area contributed by atoms with Crippen molar-refractivity contribution in [1.82, 2.24) is 14.5 Å². The number of para-hydroxylation sites is 1. The van der Waals surface area contributed by atoms with E-state index in [2.05, 4.69) is 34.1 Å². The van der Waals surface area contributed by atoms with Crippen molar-refractivity contribution in [2.24, 2.45) is 0 Å². The molecule has 1 aliphatic carbocycles. The summed E-state index contributed by atoms with van der Waals surface area (Å²) in [6.45, 7) is 3.63. The van der Waals surface area contributed by atoms with Crippen LogP contribution in [-0.2, 0) is 6.54 Å². The summed E-state index contributed by atoms with van der Waals surface area (Å²) < 4.78 is 17.1. The molecule has 4 aromatic rings. The highest BCUT2D eigenvalue weighted by Gasteiger charge is 2.28. The molecule has 6 rings (SSSR count). The standard InChI is InChI=1S/C27H25FN4O3.ClH/c28-22-13-20-23(32(19-6-7-19)16-21(26(20)33)27(34)35)14-24(22)31-11-9-30(10-12-31)15-18-4-1-3-17-5-2-8-29-25(17)18;/h1-5,8,13-14,16,19H,6-7,9-12,15H2,(H,34,35);1H. The van der Waals surface area contributed by atoms with E-state index in [9.17, 15) is 14.7 Å². The number of benzene rings is 2. The Labute approximate surface area is 213 Å². The van der Waals surface area contributed by atoms with E-state index in [1.807, 2.05) is 21.7 Å². The molecule has 1 aliphatic heterocycles. The monoisotopic (exact) mass is 508 g/mol. The number of carboxylic acid groups (broad SMARTS) is 1. The van der Waals surface area contributed by atoms with E-state index < -0.39 is 17.2 Å². The minimum absolute atomic E-state index is 0. The predicted molar refractivity (Wildman–Crippen MR) is 140 cm³/mol. The van der Waals surface area contributed by atoms with Crippen LogP contribution in [0.4, 0.5) is 10.1 Å². The summed E-state index contributed by atoms with van der Waals surface area (Å²) in [5.41, 5.74) is 2.30. The molecule has 0 amide bonds. The van der Waals surface area contributed by atoms with Crippen LogP contribution in [0.1, 0.15) is 34.8 Å². The molecule has 2 aliphatic rings. The molecular formula is C27H26ClFN4O3. The number of piperazine rings is 1. The van der Waals surface area contributed by atoms with Gasteiger partial charge >= 0.3 is 5.97 Å². The Kier molecular flexibility index (Phi) is 6.40. The van der Waals surface area contributed by atoms with Crippen LogP contribution in [0, 0.1) is 5.82 Å². The molecule has 0 atom stereocenters. The molecule has 1 saturated heterocycles. The van der Waals surface area contributed by atoms with E-state index in [0.29, 0.717) is 24.3 Å². The average molecular weight is 509 g/mol. The summed E-state index contributed by atoms with van der Waals surface area (Å²) in [4.78, 5) is 33.2. The van der Waals surface area contributed by atoms with Crippen LogP contribution in [0.15, 0.2) is 59.7 Å². The SMILES string of the molecule is Cl.O=C(O)c1cn(C2CC2)c2cc(N3CCN(Cc4cccc5cccnc45)CC3)c(F)cc2c1=O. The van der Waals surface area contributed by atoms with Crippen molar-refractivity contribution in [3.8, 4) is 0 Å². The van der Waals surface area contributed by atoms with Gasteiger partial charge in [-0.05, 0) is 36.6 Å². The number of carbonyl (C=O) groups is 1. The van der Waals surface area contributed by atoms with Crippen LogP contribution in [0.5, 0.6) is 0 Å². The third-order valence-corrected chi connectivity index (χ3v) is 7.09. The molecule has 2 aromatic heterocycles. The summed E-state index contributed by atoms with van der Waals surface area (Å²) in [6, 6.07) is 13.3. The Bertz CT molecular complexity index is 1520. The highest BCUT2D eigenvalue weighted by Crippen LogP contribution is 2.38. The molecule has 1 saturated carbocycles. The van der Waals surface area contributed by atoms with Gasteiger partial charge in [-0.3, -0.25) is 14.7 Å². The minimum atomic E-state index is -1.28. The Morgan fingerprint density at radius 2 is 1.83 bits per heavy atom. The molecule has 7 nitrogen and oxygen atoms in total. The topological polar surface area (TPSA) is 78.7 Å². The smallest absolute Gasteiger partial charge is 0.341 e. The summed E-state index contributed by atoms with van der Waals surface area (Å²) in [5, 5.41) is 10.7. The first kappa shape index (κ1) is 24.2. The number of pyridine rings is 2. The summed E-state index contributed by atoms with van der Waals surface area (Å²) in [7, 11) is 0. The molecular weight excluding hydrogens is 483 g/mol. The Morgan fingerprint density at radius 3 is 2.56 bits per heavy atom. The lowest BCUT2D eigenvalue weighted by atomic mass is 10.1. The zero-order valence-corrected chi connectivity index (χ0v) is 20.4. The first-order chi connectivity index (χ1) is 17.0. The zero-order chi connectivity index (χ0) is 24.1. The van der Waals surface area contributed by atoms with E-state index in [0.717, 1.165) is 43.4 Å². The number of aromatic nitrogens is 2. The number of anilines is 1. The van der Waals surface area contributed by atoms with Crippen LogP contribution in [0.3, 0.4) is 0 Å². The summed E-state index contributed by atoms with van der Waals surface area (Å²) in [5.74, 6) is -1.78. The lowest BCUT2D eigenvalue weighted by molar-refractivity contribution is 0.0695. The third-order valence-electron chi connectivity index (χ3n) is 7.09. The largest absolute Gasteiger partial charge is 0.477 e.